The molecule has 0 atom stereocenters. The number of hydrogen-bond donors (Lipinski definition) is 2. The van der Waals surface area contributed by atoms with Crippen LogP contribution in [0.1, 0.15) is 11.3 Å². The molecule has 0 saturated heterocycles. The zero-order chi connectivity index (χ0) is 13.7. The SMILES string of the molecule is COCn1nccc1CNc1ccc(Br)cc1CO. The van der Waals surface area contributed by atoms with Crippen molar-refractivity contribution in [3.8, 4) is 0 Å². The van der Waals surface area contributed by atoms with Gasteiger partial charge in [-0.2, -0.15) is 5.10 Å². The van der Waals surface area contributed by atoms with Crippen LogP contribution in [0.3, 0.4) is 0 Å². The van der Waals surface area contributed by atoms with Crippen molar-refractivity contribution >= 4 is 21.6 Å². The number of halogens is 1. The zero-order valence-electron chi connectivity index (χ0n) is 10.6. The number of rotatable bonds is 6. The third kappa shape index (κ3) is 3.56. The summed E-state index contributed by atoms with van der Waals surface area (Å²) in [7, 11) is 1.64. The minimum absolute atomic E-state index is 0.000887. The van der Waals surface area contributed by atoms with E-state index >= 15 is 0 Å². The first-order valence-corrected chi connectivity index (χ1v) is 6.66. The number of nitrogens with one attached hydrogen (secondary N) is 1. The summed E-state index contributed by atoms with van der Waals surface area (Å²) in [4.78, 5) is 0. The highest BCUT2D eigenvalue weighted by molar-refractivity contribution is 9.10. The van der Waals surface area contributed by atoms with Gasteiger partial charge in [-0.3, -0.25) is 0 Å². The smallest absolute Gasteiger partial charge is 0.139 e. The Balaban J connectivity index is 2.07. The highest BCUT2D eigenvalue weighted by atomic mass is 79.9. The van der Waals surface area contributed by atoms with E-state index in [1.807, 2.05) is 24.3 Å². The molecule has 0 aliphatic heterocycles. The Hall–Kier alpha value is -1.37. The number of hydrogen-bond acceptors (Lipinski definition) is 4. The van der Waals surface area contributed by atoms with E-state index in [2.05, 4.69) is 26.3 Å². The van der Waals surface area contributed by atoms with Crippen molar-refractivity contribution in [3.05, 3.63) is 46.2 Å². The van der Waals surface area contributed by atoms with Crippen LogP contribution in [-0.2, 0) is 24.6 Å². The molecule has 2 N–H and O–H groups in total. The summed E-state index contributed by atoms with van der Waals surface area (Å²) in [5.41, 5.74) is 2.79. The molecule has 2 rings (SSSR count). The molecule has 0 saturated carbocycles. The molecule has 1 aromatic carbocycles. The van der Waals surface area contributed by atoms with E-state index in [1.54, 1.807) is 18.0 Å². The second kappa shape index (κ2) is 6.70. The van der Waals surface area contributed by atoms with Crippen molar-refractivity contribution in [2.75, 3.05) is 12.4 Å². The summed E-state index contributed by atoms with van der Waals surface area (Å²) in [5.74, 6) is 0. The van der Waals surface area contributed by atoms with Gasteiger partial charge in [0.15, 0.2) is 0 Å². The Morgan fingerprint density at radius 3 is 3.00 bits per heavy atom. The van der Waals surface area contributed by atoms with Gasteiger partial charge in [0.25, 0.3) is 0 Å². The third-order valence-corrected chi connectivity index (χ3v) is 3.25. The van der Waals surface area contributed by atoms with Crippen LogP contribution in [0.25, 0.3) is 0 Å². The number of aliphatic hydroxyl groups is 1. The number of benzene rings is 1. The molecule has 0 fully saturated rings. The maximum Gasteiger partial charge on any atom is 0.139 e. The minimum atomic E-state index is -0.000887. The molecule has 0 bridgehead atoms. The third-order valence-electron chi connectivity index (χ3n) is 2.75. The molecule has 0 radical (unpaired) electrons. The Morgan fingerprint density at radius 2 is 2.26 bits per heavy atom. The summed E-state index contributed by atoms with van der Waals surface area (Å²) >= 11 is 3.39. The molecule has 0 aliphatic carbocycles. The molecule has 1 heterocycles. The number of aromatic nitrogens is 2. The van der Waals surface area contributed by atoms with Crippen LogP contribution in [-0.4, -0.2) is 22.0 Å². The van der Waals surface area contributed by atoms with Crippen LogP contribution in [0, 0.1) is 0 Å². The monoisotopic (exact) mass is 325 g/mol. The lowest BCUT2D eigenvalue weighted by Crippen LogP contribution is -2.11. The lowest BCUT2D eigenvalue weighted by molar-refractivity contribution is 0.118. The first-order chi connectivity index (χ1) is 9.24. The quantitative estimate of drug-likeness (QED) is 0.856. The van der Waals surface area contributed by atoms with E-state index in [-0.39, 0.29) is 6.61 Å². The molecule has 2 aromatic rings. The summed E-state index contributed by atoms with van der Waals surface area (Å²) < 4.78 is 7.80. The number of nitrogens with zero attached hydrogens (tertiary/aromatic N) is 2. The van der Waals surface area contributed by atoms with Gasteiger partial charge in [-0.25, -0.2) is 4.68 Å². The van der Waals surface area contributed by atoms with Gasteiger partial charge in [0.1, 0.15) is 6.73 Å². The van der Waals surface area contributed by atoms with E-state index in [1.165, 1.54) is 0 Å². The van der Waals surface area contributed by atoms with Gasteiger partial charge in [-0.05, 0) is 24.3 Å². The fourth-order valence-corrected chi connectivity index (χ4v) is 2.21. The van der Waals surface area contributed by atoms with Gasteiger partial charge in [-0.1, -0.05) is 15.9 Å². The van der Waals surface area contributed by atoms with Crippen molar-refractivity contribution < 1.29 is 9.84 Å². The number of aliphatic hydroxyl groups excluding tert-OH is 1. The van der Waals surface area contributed by atoms with E-state index < -0.39 is 0 Å². The average molecular weight is 326 g/mol. The Bertz CT molecular complexity index is 542. The maximum absolute atomic E-state index is 9.34. The van der Waals surface area contributed by atoms with Gasteiger partial charge in [0, 0.05) is 29.0 Å². The molecule has 19 heavy (non-hydrogen) atoms. The zero-order valence-corrected chi connectivity index (χ0v) is 12.2. The summed E-state index contributed by atoms with van der Waals surface area (Å²) in [6.45, 7) is 1.05. The summed E-state index contributed by atoms with van der Waals surface area (Å²) in [5, 5.41) is 16.8. The lowest BCUT2D eigenvalue weighted by atomic mass is 10.2. The standard InChI is InChI=1S/C13H16BrN3O2/c1-19-9-17-12(4-5-16-17)7-15-13-3-2-11(14)6-10(13)8-18/h2-6,15,18H,7-9H2,1H3. The highest BCUT2D eigenvalue weighted by Gasteiger charge is 2.05. The van der Waals surface area contributed by atoms with Crippen LogP contribution < -0.4 is 5.32 Å². The molecular weight excluding hydrogens is 310 g/mol. The predicted molar refractivity (Wildman–Crippen MR) is 76.6 cm³/mol. The molecule has 0 aliphatic rings. The first-order valence-electron chi connectivity index (χ1n) is 5.87. The Kier molecular flexibility index (Phi) is 4.95. The van der Waals surface area contributed by atoms with Crippen molar-refractivity contribution in [2.45, 2.75) is 19.9 Å². The number of methoxy groups -OCH3 is 1. The largest absolute Gasteiger partial charge is 0.392 e. The predicted octanol–water partition coefficient (Wildman–Crippen LogP) is 2.35. The summed E-state index contributed by atoms with van der Waals surface area (Å²) in [6.07, 6.45) is 1.74. The second-order valence-electron chi connectivity index (χ2n) is 4.05. The van der Waals surface area contributed by atoms with Crippen LogP contribution in [0.2, 0.25) is 0 Å². The molecule has 0 amide bonds. The molecular formula is C13H16BrN3O2. The van der Waals surface area contributed by atoms with E-state index in [0.29, 0.717) is 13.3 Å². The number of anilines is 1. The topological polar surface area (TPSA) is 59.3 Å². The molecule has 5 nitrogen and oxygen atoms in total. The van der Waals surface area contributed by atoms with Crippen LogP contribution in [0.4, 0.5) is 5.69 Å². The molecule has 102 valence electrons. The molecule has 6 heteroatoms. The fourth-order valence-electron chi connectivity index (χ4n) is 1.80. The van der Waals surface area contributed by atoms with Gasteiger partial charge < -0.3 is 15.2 Å². The van der Waals surface area contributed by atoms with Crippen molar-refractivity contribution in [3.63, 3.8) is 0 Å². The molecule has 1 aromatic heterocycles. The lowest BCUT2D eigenvalue weighted by Gasteiger charge is -2.12. The van der Waals surface area contributed by atoms with Crippen molar-refractivity contribution in [1.29, 1.82) is 0 Å². The van der Waals surface area contributed by atoms with Crippen molar-refractivity contribution in [1.82, 2.24) is 9.78 Å². The molecule has 0 spiro atoms. The van der Waals surface area contributed by atoms with E-state index in [9.17, 15) is 5.11 Å². The fraction of sp³-hybridized carbons (Fsp3) is 0.308. The Labute approximate surface area is 120 Å². The second-order valence-corrected chi connectivity index (χ2v) is 4.97. The van der Waals surface area contributed by atoms with Crippen LogP contribution >= 0.6 is 15.9 Å². The van der Waals surface area contributed by atoms with Gasteiger partial charge in [0.05, 0.1) is 18.8 Å². The first kappa shape index (κ1) is 14.0. The number of ether oxygens (including phenoxy) is 1. The van der Waals surface area contributed by atoms with E-state index in [0.717, 1.165) is 21.4 Å². The van der Waals surface area contributed by atoms with Crippen molar-refractivity contribution in [2.24, 2.45) is 0 Å². The highest BCUT2D eigenvalue weighted by Crippen LogP contribution is 2.21. The minimum Gasteiger partial charge on any atom is -0.392 e. The maximum atomic E-state index is 9.34. The van der Waals surface area contributed by atoms with E-state index in [4.69, 9.17) is 4.74 Å². The molecule has 0 unspecified atom stereocenters. The Morgan fingerprint density at radius 1 is 1.42 bits per heavy atom. The van der Waals surface area contributed by atoms with Gasteiger partial charge >= 0.3 is 0 Å². The normalized spacial score (nSPS) is 10.7. The average Bonchev–Trinajstić information content (AvgIpc) is 2.85. The van der Waals surface area contributed by atoms with Crippen LogP contribution in [0.5, 0.6) is 0 Å². The van der Waals surface area contributed by atoms with Crippen LogP contribution in [0.15, 0.2) is 34.9 Å². The van der Waals surface area contributed by atoms with Gasteiger partial charge in [-0.15, -0.1) is 0 Å². The van der Waals surface area contributed by atoms with Gasteiger partial charge in [0.2, 0.25) is 0 Å². The summed E-state index contributed by atoms with van der Waals surface area (Å²) in [6, 6.07) is 7.71.